The minimum Gasteiger partial charge on any atom is -0.350 e. The molecule has 0 bridgehead atoms. The fourth-order valence-corrected chi connectivity index (χ4v) is 2.72. The van der Waals surface area contributed by atoms with Gasteiger partial charge in [-0.25, -0.2) is 4.39 Å². The van der Waals surface area contributed by atoms with Gasteiger partial charge in [0, 0.05) is 18.8 Å². The van der Waals surface area contributed by atoms with Crippen molar-refractivity contribution in [2.45, 2.75) is 38.3 Å². The predicted octanol–water partition coefficient (Wildman–Crippen LogP) is 1.83. The van der Waals surface area contributed by atoms with Crippen LogP contribution < -0.4 is 10.6 Å². The summed E-state index contributed by atoms with van der Waals surface area (Å²) in [7, 11) is 3.62. The zero-order chi connectivity index (χ0) is 17.7. The first-order chi connectivity index (χ1) is 11.3. The molecule has 0 fully saturated rings. The Bertz CT molecular complexity index is 679. The number of amides is 1. The van der Waals surface area contributed by atoms with Crippen molar-refractivity contribution in [1.82, 2.24) is 20.4 Å². The van der Waals surface area contributed by atoms with Crippen LogP contribution in [0.5, 0.6) is 0 Å². The molecule has 1 aromatic heterocycles. The van der Waals surface area contributed by atoms with E-state index in [1.165, 1.54) is 12.1 Å². The minimum atomic E-state index is -0.432. The highest BCUT2D eigenvalue weighted by atomic mass is 19.1. The van der Waals surface area contributed by atoms with E-state index in [4.69, 9.17) is 0 Å². The van der Waals surface area contributed by atoms with Crippen LogP contribution in [0.3, 0.4) is 0 Å². The van der Waals surface area contributed by atoms with Crippen LogP contribution in [0.4, 0.5) is 4.39 Å². The Hall–Kier alpha value is -2.21. The lowest BCUT2D eigenvalue weighted by molar-refractivity contribution is -0.124. The normalized spacial score (nSPS) is 12.9. The van der Waals surface area contributed by atoms with Crippen LogP contribution in [-0.4, -0.2) is 34.3 Å². The van der Waals surface area contributed by atoms with E-state index < -0.39 is 5.54 Å². The SMILES string of the molecule is CN[C@H](Cc1cnn(C)c1)C(=O)NC(C)(C)Cc1ccc(F)cc1. The molecule has 24 heavy (non-hydrogen) atoms. The van der Waals surface area contributed by atoms with E-state index in [0.717, 1.165) is 11.1 Å². The van der Waals surface area contributed by atoms with Crippen molar-refractivity contribution in [2.75, 3.05) is 7.05 Å². The number of hydrogen-bond acceptors (Lipinski definition) is 3. The molecule has 0 aliphatic carbocycles. The fraction of sp³-hybridized carbons (Fsp3) is 0.444. The monoisotopic (exact) mass is 332 g/mol. The number of nitrogens with zero attached hydrogens (tertiary/aromatic N) is 2. The number of benzene rings is 1. The molecule has 130 valence electrons. The van der Waals surface area contributed by atoms with E-state index in [9.17, 15) is 9.18 Å². The van der Waals surface area contributed by atoms with Gasteiger partial charge in [-0.2, -0.15) is 5.10 Å². The second-order valence-corrected chi connectivity index (χ2v) is 6.74. The van der Waals surface area contributed by atoms with Crippen LogP contribution in [0, 0.1) is 5.82 Å². The van der Waals surface area contributed by atoms with Crippen LogP contribution >= 0.6 is 0 Å². The van der Waals surface area contributed by atoms with Gasteiger partial charge < -0.3 is 10.6 Å². The lowest BCUT2D eigenvalue weighted by Crippen LogP contribution is -2.53. The van der Waals surface area contributed by atoms with Crippen molar-refractivity contribution in [1.29, 1.82) is 0 Å². The summed E-state index contributed by atoms with van der Waals surface area (Å²) >= 11 is 0. The maximum atomic E-state index is 13.0. The summed E-state index contributed by atoms with van der Waals surface area (Å²) in [6.45, 7) is 3.93. The van der Waals surface area contributed by atoms with E-state index in [-0.39, 0.29) is 17.8 Å². The van der Waals surface area contributed by atoms with Crippen LogP contribution in [0.1, 0.15) is 25.0 Å². The van der Waals surface area contributed by atoms with Gasteiger partial charge >= 0.3 is 0 Å². The predicted molar refractivity (Wildman–Crippen MR) is 92.1 cm³/mol. The molecular formula is C18H25FN4O. The zero-order valence-electron chi connectivity index (χ0n) is 14.6. The van der Waals surface area contributed by atoms with Gasteiger partial charge in [0.1, 0.15) is 5.82 Å². The van der Waals surface area contributed by atoms with E-state index >= 15 is 0 Å². The molecule has 2 N–H and O–H groups in total. The fourth-order valence-electron chi connectivity index (χ4n) is 2.72. The highest BCUT2D eigenvalue weighted by Gasteiger charge is 2.25. The molecule has 2 aromatic rings. The second kappa shape index (κ2) is 7.57. The molecule has 5 nitrogen and oxygen atoms in total. The Morgan fingerprint density at radius 3 is 2.50 bits per heavy atom. The van der Waals surface area contributed by atoms with E-state index in [0.29, 0.717) is 12.8 Å². The van der Waals surface area contributed by atoms with Gasteiger partial charge in [-0.15, -0.1) is 0 Å². The summed E-state index contributed by atoms with van der Waals surface area (Å²) in [5.74, 6) is -0.319. The molecular weight excluding hydrogens is 307 g/mol. The Labute approximate surface area is 142 Å². The molecule has 1 aromatic carbocycles. The first-order valence-electron chi connectivity index (χ1n) is 8.00. The van der Waals surface area contributed by atoms with Crippen molar-refractivity contribution in [3.05, 3.63) is 53.6 Å². The van der Waals surface area contributed by atoms with Gasteiger partial charge in [0.05, 0.1) is 12.2 Å². The van der Waals surface area contributed by atoms with E-state index in [2.05, 4.69) is 15.7 Å². The maximum absolute atomic E-state index is 13.0. The summed E-state index contributed by atoms with van der Waals surface area (Å²) < 4.78 is 14.7. The van der Waals surface area contributed by atoms with Crippen molar-refractivity contribution >= 4 is 5.91 Å². The van der Waals surface area contributed by atoms with Gasteiger partial charge in [-0.1, -0.05) is 12.1 Å². The summed E-state index contributed by atoms with van der Waals surface area (Å²) in [6, 6.07) is 6.03. The number of aromatic nitrogens is 2. The maximum Gasteiger partial charge on any atom is 0.237 e. The molecule has 0 aliphatic rings. The van der Waals surface area contributed by atoms with Crippen LogP contribution in [-0.2, 0) is 24.7 Å². The average Bonchev–Trinajstić information content (AvgIpc) is 2.91. The van der Waals surface area contributed by atoms with Gasteiger partial charge in [0.2, 0.25) is 5.91 Å². The average molecular weight is 332 g/mol. The number of likely N-dealkylation sites (N-methyl/N-ethyl adjacent to an activating group) is 1. The molecule has 0 saturated heterocycles. The number of nitrogens with one attached hydrogen (secondary N) is 2. The molecule has 2 rings (SSSR count). The summed E-state index contributed by atoms with van der Waals surface area (Å²) in [5, 5.41) is 10.3. The number of carbonyl (C=O) groups excluding carboxylic acids is 1. The molecule has 0 unspecified atom stereocenters. The number of aryl methyl sites for hydroxylation is 1. The van der Waals surface area contributed by atoms with Gasteiger partial charge in [0.15, 0.2) is 0 Å². The molecule has 1 atom stereocenters. The molecule has 6 heteroatoms. The molecule has 1 heterocycles. The molecule has 0 spiro atoms. The third-order valence-electron chi connectivity index (χ3n) is 3.88. The van der Waals surface area contributed by atoms with E-state index in [1.54, 1.807) is 30.1 Å². The Balaban J connectivity index is 1.98. The van der Waals surface area contributed by atoms with Gasteiger partial charge in [0.25, 0.3) is 0 Å². The first kappa shape index (κ1) is 18.1. The number of carbonyl (C=O) groups is 1. The lowest BCUT2D eigenvalue weighted by Gasteiger charge is -2.29. The summed E-state index contributed by atoms with van der Waals surface area (Å²) in [5.41, 5.74) is 1.55. The third-order valence-corrected chi connectivity index (χ3v) is 3.88. The smallest absolute Gasteiger partial charge is 0.237 e. The first-order valence-corrected chi connectivity index (χ1v) is 8.00. The third kappa shape index (κ3) is 5.16. The topological polar surface area (TPSA) is 59.0 Å². The standard InChI is InChI=1S/C18H25FN4O/c1-18(2,10-13-5-7-15(19)8-6-13)22-17(24)16(20-3)9-14-11-21-23(4)12-14/h5-8,11-12,16,20H,9-10H2,1-4H3,(H,22,24)/t16-/m1/s1. The van der Waals surface area contributed by atoms with Crippen LogP contribution in [0.25, 0.3) is 0 Å². The Morgan fingerprint density at radius 2 is 1.96 bits per heavy atom. The largest absolute Gasteiger partial charge is 0.350 e. The number of halogens is 1. The molecule has 0 saturated carbocycles. The second-order valence-electron chi connectivity index (χ2n) is 6.74. The zero-order valence-corrected chi connectivity index (χ0v) is 14.6. The highest BCUT2D eigenvalue weighted by Crippen LogP contribution is 2.14. The van der Waals surface area contributed by atoms with E-state index in [1.807, 2.05) is 27.1 Å². The summed E-state index contributed by atoms with van der Waals surface area (Å²) in [4.78, 5) is 12.6. The molecule has 0 radical (unpaired) electrons. The van der Waals surface area contributed by atoms with Gasteiger partial charge in [-0.05, 0) is 57.0 Å². The van der Waals surface area contributed by atoms with Crippen molar-refractivity contribution in [3.63, 3.8) is 0 Å². The van der Waals surface area contributed by atoms with Crippen molar-refractivity contribution < 1.29 is 9.18 Å². The van der Waals surface area contributed by atoms with Crippen LogP contribution in [0.15, 0.2) is 36.7 Å². The van der Waals surface area contributed by atoms with Gasteiger partial charge in [-0.3, -0.25) is 9.48 Å². The molecule has 0 aliphatic heterocycles. The number of hydrogen-bond donors (Lipinski definition) is 2. The summed E-state index contributed by atoms with van der Waals surface area (Å²) in [6.07, 6.45) is 4.87. The minimum absolute atomic E-state index is 0.0616. The number of rotatable bonds is 7. The lowest BCUT2D eigenvalue weighted by atomic mass is 9.94. The highest BCUT2D eigenvalue weighted by molar-refractivity contribution is 5.82. The Morgan fingerprint density at radius 1 is 1.29 bits per heavy atom. The Kier molecular flexibility index (Phi) is 5.72. The van der Waals surface area contributed by atoms with Crippen molar-refractivity contribution in [3.8, 4) is 0 Å². The molecule has 1 amide bonds. The van der Waals surface area contributed by atoms with Crippen molar-refractivity contribution in [2.24, 2.45) is 7.05 Å². The quantitative estimate of drug-likeness (QED) is 0.813. The van der Waals surface area contributed by atoms with Crippen LogP contribution in [0.2, 0.25) is 0 Å².